The summed E-state index contributed by atoms with van der Waals surface area (Å²) in [6, 6.07) is 3.37. The van der Waals surface area contributed by atoms with Crippen LogP contribution in [0.25, 0.3) is 0 Å². The van der Waals surface area contributed by atoms with E-state index in [9.17, 15) is 5.11 Å². The molecule has 1 aromatic rings. The quantitative estimate of drug-likeness (QED) is 0.697. The van der Waals surface area contributed by atoms with E-state index in [1.807, 2.05) is 0 Å². The third kappa shape index (κ3) is 2.83. The maximum atomic E-state index is 9.50. The number of pyridine rings is 1. The van der Waals surface area contributed by atoms with Crippen LogP contribution < -0.4 is 10.6 Å². The molecule has 82 valence electrons. The summed E-state index contributed by atoms with van der Waals surface area (Å²) in [5.74, 6) is 1.45. The molecule has 1 atom stereocenters. The number of aromatic nitrogens is 1. The van der Waals surface area contributed by atoms with Gasteiger partial charge in [0.25, 0.3) is 0 Å². The van der Waals surface area contributed by atoms with Gasteiger partial charge in [-0.1, -0.05) is 0 Å². The third-order valence-corrected chi connectivity index (χ3v) is 2.74. The molecule has 4 nitrogen and oxygen atoms in total. The molecule has 0 unspecified atom stereocenters. The Kier molecular flexibility index (Phi) is 3.40. The Hall–Kier alpha value is -1.29. The number of nitrogens with one attached hydrogen (secondary N) is 2. The summed E-state index contributed by atoms with van der Waals surface area (Å²) in [7, 11) is 0. The first-order chi connectivity index (χ1) is 7.36. The summed E-state index contributed by atoms with van der Waals surface area (Å²) in [6.07, 6.45) is 4.16. The average molecular weight is 207 g/mol. The van der Waals surface area contributed by atoms with Crippen LogP contribution in [0.5, 0.6) is 5.75 Å². The monoisotopic (exact) mass is 207 g/mol. The fourth-order valence-electron chi connectivity index (χ4n) is 1.87. The molecule has 0 aromatic carbocycles. The topological polar surface area (TPSA) is 57.2 Å². The van der Waals surface area contributed by atoms with E-state index in [2.05, 4.69) is 15.6 Å². The predicted molar refractivity (Wildman–Crippen MR) is 60.0 cm³/mol. The Bertz CT molecular complexity index is 310. The van der Waals surface area contributed by atoms with Gasteiger partial charge in [-0.05, 0) is 44.0 Å². The first-order valence-electron chi connectivity index (χ1n) is 5.45. The van der Waals surface area contributed by atoms with Crippen molar-refractivity contribution in [2.45, 2.75) is 12.8 Å². The van der Waals surface area contributed by atoms with Gasteiger partial charge in [0.05, 0.1) is 0 Å². The average Bonchev–Trinajstić information content (AvgIpc) is 2.29. The zero-order chi connectivity index (χ0) is 10.5. The molecule has 2 rings (SSSR count). The van der Waals surface area contributed by atoms with Crippen LogP contribution in [0.15, 0.2) is 18.3 Å². The van der Waals surface area contributed by atoms with E-state index < -0.39 is 0 Å². The molecule has 1 aromatic heterocycles. The smallest absolute Gasteiger partial charge is 0.168 e. The van der Waals surface area contributed by atoms with Gasteiger partial charge in [0.15, 0.2) is 11.6 Å². The molecule has 0 aliphatic carbocycles. The van der Waals surface area contributed by atoms with E-state index in [1.165, 1.54) is 12.8 Å². The Balaban J connectivity index is 1.84. The summed E-state index contributed by atoms with van der Waals surface area (Å²) in [4.78, 5) is 4.08. The predicted octanol–water partition coefficient (Wildman–Crippen LogP) is 1.20. The van der Waals surface area contributed by atoms with Gasteiger partial charge in [-0.25, -0.2) is 4.98 Å². The SMILES string of the molecule is Oc1cccnc1NC[C@@H]1CCCNC1. The van der Waals surface area contributed by atoms with Gasteiger partial charge in [-0.3, -0.25) is 0 Å². The molecule has 1 aliphatic rings. The Morgan fingerprint density at radius 1 is 1.60 bits per heavy atom. The fourth-order valence-corrected chi connectivity index (χ4v) is 1.87. The molecule has 3 N–H and O–H groups in total. The van der Waals surface area contributed by atoms with Gasteiger partial charge in [-0.15, -0.1) is 0 Å². The normalized spacial score (nSPS) is 21.2. The minimum Gasteiger partial charge on any atom is -0.504 e. The molecule has 0 bridgehead atoms. The van der Waals surface area contributed by atoms with Gasteiger partial charge in [0.2, 0.25) is 0 Å². The van der Waals surface area contributed by atoms with Crippen molar-refractivity contribution in [2.75, 3.05) is 25.0 Å². The van der Waals surface area contributed by atoms with Crippen molar-refractivity contribution >= 4 is 5.82 Å². The lowest BCUT2D eigenvalue weighted by Crippen LogP contribution is -2.33. The van der Waals surface area contributed by atoms with Crippen LogP contribution in [0.1, 0.15) is 12.8 Å². The van der Waals surface area contributed by atoms with Crippen molar-refractivity contribution in [3.8, 4) is 5.75 Å². The maximum Gasteiger partial charge on any atom is 0.168 e. The summed E-state index contributed by atoms with van der Waals surface area (Å²) in [5, 5.41) is 16.0. The van der Waals surface area contributed by atoms with Gasteiger partial charge < -0.3 is 15.7 Å². The molecule has 4 heteroatoms. The van der Waals surface area contributed by atoms with E-state index in [0.717, 1.165) is 19.6 Å². The molecule has 1 saturated heterocycles. The molecule has 0 amide bonds. The molecule has 0 radical (unpaired) electrons. The second kappa shape index (κ2) is 4.98. The van der Waals surface area contributed by atoms with Crippen LogP contribution in [-0.4, -0.2) is 29.7 Å². The van der Waals surface area contributed by atoms with Crippen molar-refractivity contribution in [3.05, 3.63) is 18.3 Å². The number of anilines is 1. The number of nitrogens with zero attached hydrogens (tertiary/aromatic N) is 1. The Morgan fingerprint density at radius 2 is 2.53 bits per heavy atom. The van der Waals surface area contributed by atoms with Gasteiger partial charge in [-0.2, -0.15) is 0 Å². The lowest BCUT2D eigenvalue weighted by Gasteiger charge is -2.23. The fraction of sp³-hybridized carbons (Fsp3) is 0.545. The zero-order valence-electron chi connectivity index (χ0n) is 8.74. The highest BCUT2D eigenvalue weighted by molar-refractivity contribution is 5.48. The highest BCUT2D eigenvalue weighted by Gasteiger charge is 2.13. The molecule has 0 saturated carbocycles. The van der Waals surface area contributed by atoms with Crippen molar-refractivity contribution < 1.29 is 5.11 Å². The molecule has 0 spiro atoms. The first kappa shape index (κ1) is 10.2. The summed E-state index contributed by atoms with van der Waals surface area (Å²) in [5.41, 5.74) is 0. The number of rotatable bonds is 3. The van der Waals surface area contributed by atoms with Gasteiger partial charge in [0, 0.05) is 12.7 Å². The highest BCUT2D eigenvalue weighted by Crippen LogP contribution is 2.19. The van der Waals surface area contributed by atoms with Gasteiger partial charge in [0.1, 0.15) is 0 Å². The minimum absolute atomic E-state index is 0.223. The molecule has 2 heterocycles. The first-order valence-corrected chi connectivity index (χ1v) is 5.45. The molecule has 15 heavy (non-hydrogen) atoms. The largest absolute Gasteiger partial charge is 0.504 e. The summed E-state index contributed by atoms with van der Waals surface area (Å²) in [6.45, 7) is 3.06. The van der Waals surface area contributed by atoms with E-state index in [4.69, 9.17) is 0 Å². The molecule has 1 fully saturated rings. The minimum atomic E-state index is 0.223. The number of hydrogen-bond acceptors (Lipinski definition) is 4. The third-order valence-electron chi connectivity index (χ3n) is 2.74. The maximum absolute atomic E-state index is 9.50. The number of piperidine rings is 1. The molecular formula is C11H17N3O. The number of hydrogen-bond donors (Lipinski definition) is 3. The summed E-state index contributed by atoms with van der Waals surface area (Å²) < 4.78 is 0. The Labute approximate surface area is 89.7 Å². The van der Waals surface area contributed by atoms with Crippen LogP contribution in [0.3, 0.4) is 0 Å². The van der Waals surface area contributed by atoms with Crippen molar-refractivity contribution in [3.63, 3.8) is 0 Å². The van der Waals surface area contributed by atoms with Crippen LogP contribution >= 0.6 is 0 Å². The number of aromatic hydroxyl groups is 1. The molecular weight excluding hydrogens is 190 g/mol. The van der Waals surface area contributed by atoms with E-state index in [-0.39, 0.29) is 5.75 Å². The van der Waals surface area contributed by atoms with Crippen LogP contribution in [0, 0.1) is 5.92 Å². The lowest BCUT2D eigenvalue weighted by molar-refractivity contribution is 0.391. The standard InChI is InChI=1S/C11H17N3O/c15-10-4-2-6-13-11(10)14-8-9-3-1-5-12-7-9/h2,4,6,9,12,15H,1,3,5,7-8H2,(H,13,14)/t9-/m1/s1. The lowest BCUT2D eigenvalue weighted by atomic mass is 10.00. The van der Waals surface area contributed by atoms with Crippen LogP contribution in [0.2, 0.25) is 0 Å². The van der Waals surface area contributed by atoms with E-state index >= 15 is 0 Å². The Morgan fingerprint density at radius 3 is 3.27 bits per heavy atom. The second-order valence-corrected chi connectivity index (χ2v) is 3.96. The van der Waals surface area contributed by atoms with E-state index in [1.54, 1.807) is 18.3 Å². The second-order valence-electron chi connectivity index (χ2n) is 3.96. The van der Waals surface area contributed by atoms with Crippen molar-refractivity contribution in [1.29, 1.82) is 0 Å². The molecule has 1 aliphatic heterocycles. The van der Waals surface area contributed by atoms with Crippen LogP contribution in [0.4, 0.5) is 5.82 Å². The van der Waals surface area contributed by atoms with Crippen LogP contribution in [-0.2, 0) is 0 Å². The van der Waals surface area contributed by atoms with E-state index in [0.29, 0.717) is 11.7 Å². The zero-order valence-corrected chi connectivity index (χ0v) is 8.74. The highest BCUT2D eigenvalue weighted by atomic mass is 16.3. The van der Waals surface area contributed by atoms with Crippen molar-refractivity contribution in [2.24, 2.45) is 5.92 Å². The summed E-state index contributed by atoms with van der Waals surface area (Å²) >= 11 is 0. The van der Waals surface area contributed by atoms with Gasteiger partial charge >= 0.3 is 0 Å². The van der Waals surface area contributed by atoms with Crippen molar-refractivity contribution in [1.82, 2.24) is 10.3 Å².